The van der Waals surface area contributed by atoms with Crippen LogP contribution < -0.4 is 10.0 Å². The molecule has 0 radical (unpaired) electrons. The van der Waals surface area contributed by atoms with Crippen molar-refractivity contribution in [3.63, 3.8) is 0 Å². The molecule has 2 atom stereocenters. The quantitative estimate of drug-likeness (QED) is 0.885. The minimum Gasteiger partial charge on any atom is -0.325 e. The van der Waals surface area contributed by atoms with E-state index in [9.17, 15) is 18.5 Å². The third-order valence-electron chi connectivity index (χ3n) is 4.18. The lowest BCUT2D eigenvalue weighted by Gasteiger charge is -2.27. The van der Waals surface area contributed by atoms with Crippen molar-refractivity contribution in [1.82, 2.24) is 4.72 Å². The summed E-state index contributed by atoms with van der Waals surface area (Å²) in [6.45, 7) is 6.83. The fourth-order valence-electron chi connectivity index (χ4n) is 2.17. The summed E-state index contributed by atoms with van der Waals surface area (Å²) in [7, 11) is -3.85. The molecule has 1 aromatic carbocycles. The predicted octanol–water partition coefficient (Wildman–Crippen LogP) is 1.96. The van der Waals surface area contributed by atoms with Crippen LogP contribution >= 0.6 is 0 Å². The van der Waals surface area contributed by atoms with Crippen LogP contribution in [0.15, 0.2) is 23.1 Å². The first kappa shape index (κ1) is 16.5. The van der Waals surface area contributed by atoms with Crippen molar-refractivity contribution in [3.8, 4) is 6.07 Å². The molecule has 0 aliphatic carbocycles. The third kappa shape index (κ3) is 2.72. The van der Waals surface area contributed by atoms with Crippen LogP contribution in [0.5, 0.6) is 0 Å². The highest BCUT2D eigenvalue weighted by atomic mass is 32.2. The second kappa shape index (κ2) is 5.38. The summed E-state index contributed by atoms with van der Waals surface area (Å²) < 4.78 is 27.5. The lowest BCUT2D eigenvalue weighted by molar-refractivity contribution is -0.116. The van der Waals surface area contributed by atoms with Crippen molar-refractivity contribution >= 4 is 21.6 Å². The maximum Gasteiger partial charge on any atom is 0.241 e. The topological polar surface area (TPSA) is 99.1 Å². The number of carbonyl (C=O) groups excluding carboxylic acids is 1. The van der Waals surface area contributed by atoms with E-state index in [-0.39, 0.29) is 16.7 Å². The lowest BCUT2D eigenvalue weighted by Crippen LogP contribution is -2.48. The van der Waals surface area contributed by atoms with Gasteiger partial charge < -0.3 is 5.32 Å². The normalized spacial score (nSPS) is 20.2. The number of benzene rings is 1. The molecule has 1 heterocycles. The van der Waals surface area contributed by atoms with Crippen molar-refractivity contribution in [1.29, 1.82) is 5.26 Å². The molecule has 0 bridgehead atoms. The zero-order valence-corrected chi connectivity index (χ0v) is 13.8. The molecule has 0 saturated carbocycles. The highest BCUT2D eigenvalue weighted by Gasteiger charge is 2.35. The zero-order chi connectivity index (χ0) is 16.7. The summed E-state index contributed by atoms with van der Waals surface area (Å²) >= 11 is 0. The summed E-state index contributed by atoms with van der Waals surface area (Å²) in [5.41, 5.74) is 0.0804. The number of amides is 1. The highest BCUT2D eigenvalue weighted by molar-refractivity contribution is 7.89. The monoisotopic (exact) mass is 321 g/mol. The van der Waals surface area contributed by atoms with Gasteiger partial charge in [0.15, 0.2) is 0 Å². The number of rotatable bonds is 4. The second-order valence-electron chi connectivity index (χ2n) is 6.03. The average Bonchev–Trinajstić information content (AvgIpc) is 2.73. The van der Waals surface area contributed by atoms with Gasteiger partial charge in [-0.3, -0.25) is 4.79 Å². The number of anilines is 1. The SMILES string of the molecule is CC(C)[C@](C)(C#N)NS(=O)(=O)c1ccc2c(c1)[C@H](C)C(=O)N2. The first-order valence-corrected chi connectivity index (χ1v) is 8.49. The Morgan fingerprint density at radius 3 is 2.59 bits per heavy atom. The molecule has 2 N–H and O–H groups in total. The molecule has 0 aromatic heterocycles. The summed E-state index contributed by atoms with van der Waals surface area (Å²) in [6.07, 6.45) is 0. The van der Waals surface area contributed by atoms with Gasteiger partial charge in [0, 0.05) is 5.69 Å². The fourth-order valence-corrected chi connectivity index (χ4v) is 3.66. The van der Waals surface area contributed by atoms with Gasteiger partial charge in [0.2, 0.25) is 15.9 Å². The molecule has 22 heavy (non-hydrogen) atoms. The highest BCUT2D eigenvalue weighted by Crippen LogP contribution is 2.34. The number of nitriles is 1. The molecule has 1 aliphatic rings. The van der Waals surface area contributed by atoms with E-state index in [1.165, 1.54) is 12.1 Å². The largest absolute Gasteiger partial charge is 0.325 e. The molecule has 118 valence electrons. The van der Waals surface area contributed by atoms with Crippen molar-refractivity contribution in [2.45, 2.75) is 44.0 Å². The minimum atomic E-state index is -3.85. The average molecular weight is 321 g/mol. The first-order chi connectivity index (χ1) is 10.1. The van der Waals surface area contributed by atoms with E-state index < -0.39 is 21.5 Å². The van der Waals surface area contributed by atoms with E-state index in [4.69, 9.17) is 0 Å². The number of sulfonamides is 1. The Morgan fingerprint density at radius 2 is 2.05 bits per heavy atom. The molecule has 7 heteroatoms. The first-order valence-electron chi connectivity index (χ1n) is 7.01. The maximum atomic E-state index is 12.5. The summed E-state index contributed by atoms with van der Waals surface area (Å²) in [4.78, 5) is 11.7. The Kier molecular flexibility index (Phi) is 4.02. The molecule has 2 rings (SSSR count). The van der Waals surface area contributed by atoms with Crippen LogP contribution in [-0.4, -0.2) is 19.9 Å². The van der Waals surface area contributed by atoms with E-state index in [0.29, 0.717) is 11.3 Å². The molecule has 0 unspecified atom stereocenters. The lowest BCUT2D eigenvalue weighted by atomic mass is 9.92. The maximum absolute atomic E-state index is 12.5. The Bertz CT molecular complexity index is 765. The van der Waals surface area contributed by atoms with Crippen molar-refractivity contribution in [2.75, 3.05) is 5.32 Å². The molecule has 0 fully saturated rings. The number of fused-ring (bicyclic) bond motifs is 1. The Labute approximate surface area is 130 Å². The van der Waals surface area contributed by atoms with Gasteiger partial charge >= 0.3 is 0 Å². The number of nitrogens with one attached hydrogen (secondary N) is 2. The molecular weight excluding hydrogens is 302 g/mol. The minimum absolute atomic E-state index is 0.0525. The van der Waals surface area contributed by atoms with E-state index in [1.54, 1.807) is 33.8 Å². The van der Waals surface area contributed by atoms with Crippen LogP contribution in [0.2, 0.25) is 0 Å². The van der Waals surface area contributed by atoms with Crippen molar-refractivity contribution in [3.05, 3.63) is 23.8 Å². The standard InChI is InChI=1S/C15H19N3O3S/c1-9(2)15(4,8-16)18-22(20,21)11-5-6-13-12(7-11)10(3)14(19)17-13/h5-7,9-10,18H,1-4H3,(H,17,19)/t10-,15-/m0/s1. The Hall–Kier alpha value is -1.91. The van der Waals surface area contributed by atoms with Gasteiger partial charge in [-0.2, -0.15) is 9.98 Å². The molecule has 0 spiro atoms. The third-order valence-corrected chi connectivity index (χ3v) is 5.75. The smallest absolute Gasteiger partial charge is 0.241 e. The van der Waals surface area contributed by atoms with Gasteiger partial charge in [0.1, 0.15) is 5.54 Å². The molecule has 1 aromatic rings. The molecular formula is C15H19N3O3S. The molecule has 0 saturated heterocycles. The van der Waals surface area contributed by atoms with Crippen LogP contribution in [0.3, 0.4) is 0 Å². The van der Waals surface area contributed by atoms with Crippen LogP contribution in [0.4, 0.5) is 5.69 Å². The molecule has 1 amide bonds. The zero-order valence-electron chi connectivity index (χ0n) is 13.0. The van der Waals surface area contributed by atoms with Gasteiger partial charge in [-0.15, -0.1) is 0 Å². The van der Waals surface area contributed by atoms with Crippen molar-refractivity contribution < 1.29 is 13.2 Å². The summed E-state index contributed by atoms with van der Waals surface area (Å²) in [5.74, 6) is -0.733. The number of hydrogen-bond donors (Lipinski definition) is 2. The Balaban J connectivity index is 2.41. The van der Waals surface area contributed by atoms with Crippen LogP contribution in [0, 0.1) is 17.2 Å². The van der Waals surface area contributed by atoms with Gasteiger partial charge in [0.05, 0.1) is 16.9 Å². The van der Waals surface area contributed by atoms with E-state index in [1.807, 2.05) is 6.07 Å². The van der Waals surface area contributed by atoms with E-state index in [2.05, 4.69) is 10.0 Å². The summed E-state index contributed by atoms with van der Waals surface area (Å²) in [6, 6.07) is 6.50. The van der Waals surface area contributed by atoms with Crippen LogP contribution in [0.25, 0.3) is 0 Å². The fraction of sp³-hybridized carbons (Fsp3) is 0.467. The number of carbonyl (C=O) groups is 1. The summed E-state index contributed by atoms with van der Waals surface area (Å²) in [5, 5.41) is 12.0. The van der Waals surface area contributed by atoms with Crippen molar-refractivity contribution in [2.24, 2.45) is 5.92 Å². The molecule has 6 nitrogen and oxygen atoms in total. The predicted molar refractivity (Wildman–Crippen MR) is 82.7 cm³/mol. The molecule has 1 aliphatic heterocycles. The van der Waals surface area contributed by atoms with Gasteiger partial charge in [-0.05, 0) is 43.5 Å². The van der Waals surface area contributed by atoms with Crippen LogP contribution in [-0.2, 0) is 14.8 Å². The van der Waals surface area contributed by atoms with Gasteiger partial charge in [-0.1, -0.05) is 13.8 Å². The second-order valence-corrected chi connectivity index (χ2v) is 7.72. The Morgan fingerprint density at radius 1 is 1.41 bits per heavy atom. The number of nitrogens with zero attached hydrogens (tertiary/aromatic N) is 1. The van der Waals surface area contributed by atoms with Gasteiger partial charge in [-0.25, -0.2) is 8.42 Å². The van der Waals surface area contributed by atoms with Crippen LogP contribution in [0.1, 0.15) is 39.2 Å². The van der Waals surface area contributed by atoms with E-state index >= 15 is 0 Å². The van der Waals surface area contributed by atoms with Gasteiger partial charge in [0.25, 0.3) is 0 Å². The number of hydrogen-bond acceptors (Lipinski definition) is 4. The van der Waals surface area contributed by atoms with E-state index in [0.717, 1.165) is 0 Å².